The fourth-order valence-electron chi connectivity index (χ4n) is 1.84. The summed E-state index contributed by atoms with van der Waals surface area (Å²) < 4.78 is 1.05. The Bertz CT molecular complexity index is 624. The molecule has 1 amide bonds. The van der Waals surface area contributed by atoms with Gasteiger partial charge in [0.15, 0.2) is 0 Å². The smallest absolute Gasteiger partial charge is 0.326 e. The van der Waals surface area contributed by atoms with Gasteiger partial charge < -0.3 is 15.0 Å². The summed E-state index contributed by atoms with van der Waals surface area (Å²) in [5, 5.41) is 21.9. The van der Waals surface area contributed by atoms with Gasteiger partial charge >= 0.3 is 5.97 Å². The Morgan fingerprint density at radius 2 is 2.14 bits per heavy atom. The van der Waals surface area contributed by atoms with E-state index in [0.29, 0.717) is 12.8 Å². The van der Waals surface area contributed by atoms with Crippen LogP contribution in [-0.2, 0) is 16.1 Å². The van der Waals surface area contributed by atoms with Crippen LogP contribution in [0, 0.1) is 10.1 Å². The van der Waals surface area contributed by atoms with E-state index in [2.05, 4.69) is 5.32 Å². The number of aromatic nitrogens is 1. The third kappa shape index (κ3) is 5.00. The van der Waals surface area contributed by atoms with Crippen molar-refractivity contribution >= 4 is 17.6 Å². The summed E-state index contributed by atoms with van der Waals surface area (Å²) in [6, 6.07) is 1.16. The highest BCUT2D eigenvalue weighted by atomic mass is 16.6. The molecule has 2 N–H and O–H groups in total. The molecule has 0 aliphatic heterocycles. The molecule has 1 aromatic rings. The zero-order valence-corrected chi connectivity index (χ0v) is 12.0. The average Bonchev–Trinajstić information content (AvgIpc) is 2.45. The third-order valence-corrected chi connectivity index (χ3v) is 2.97. The Morgan fingerprint density at radius 1 is 1.45 bits per heavy atom. The largest absolute Gasteiger partial charge is 0.480 e. The molecule has 0 bridgehead atoms. The first-order chi connectivity index (χ1) is 10.3. The number of carboxylic acid groups (broad SMARTS) is 1. The van der Waals surface area contributed by atoms with Crippen LogP contribution >= 0.6 is 0 Å². The number of carbonyl (C=O) groups is 2. The number of amides is 1. The van der Waals surface area contributed by atoms with Crippen LogP contribution in [0.25, 0.3) is 0 Å². The number of rotatable bonds is 8. The number of aliphatic carboxylic acids is 1. The molecule has 9 nitrogen and oxygen atoms in total. The van der Waals surface area contributed by atoms with Gasteiger partial charge in [-0.3, -0.25) is 19.7 Å². The average molecular weight is 311 g/mol. The molecule has 0 aromatic carbocycles. The molecule has 22 heavy (non-hydrogen) atoms. The summed E-state index contributed by atoms with van der Waals surface area (Å²) in [6.07, 6.45) is 1.81. The lowest BCUT2D eigenvalue weighted by Gasteiger charge is -2.13. The molecule has 1 aromatic heterocycles. The number of pyridine rings is 1. The molecule has 0 saturated heterocycles. The maximum Gasteiger partial charge on any atom is 0.326 e. The lowest BCUT2D eigenvalue weighted by atomic mass is 10.1. The summed E-state index contributed by atoms with van der Waals surface area (Å²) in [4.78, 5) is 44.2. The second-order valence-corrected chi connectivity index (χ2v) is 4.67. The Kier molecular flexibility index (Phi) is 6.24. The van der Waals surface area contributed by atoms with Crippen molar-refractivity contribution in [3.63, 3.8) is 0 Å². The molecular weight excluding hydrogens is 294 g/mol. The van der Waals surface area contributed by atoms with Gasteiger partial charge in [0, 0.05) is 25.1 Å². The molecule has 0 aliphatic carbocycles. The van der Waals surface area contributed by atoms with E-state index in [0.717, 1.165) is 22.9 Å². The van der Waals surface area contributed by atoms with Gasteiger partial charge in [-0.2, -0.15) is 0 Å². The fraction of sp³-hybridized carbons (Fsp3) is 0.462. The Balaban J connectivity index is 2.67. The molecule has 120 valence electrons. The van der Waals surface area contributed by atoms with Crippen LogP contribution in [0.5, 0.6) is 0 Å². The second-order valence-electron chi connectivity index (χ2n) is 4.67. The van der Waals surface area contributed by atoms with Gasteiger partial charge in [-0.25, -0.2) is 4.79 Å². The van der Waals surface area contributed by atoms with Crippen LogP contribution in [0.15, 0.2) is 23.1 Å². The highest BCUT2D eigenvalue weighted by Crippen LogP contribution is 2.06. The number of carbonyl (C=O) groups excluding carboxylic acids is 1. The SMILES string of the molecule is CCCC(NC(=O)CCn1cc([N+](=O)[O-])ccc1=O)C(=O)O. The lowest BCUT2D eigenvalue weighted by molar-refractivity contribution is -0.385. The fourth-order valence-corrected chi connectivity index (χ4v) is 1.84. The maximum absolute atomic E-state index is 11.7. The van der Waals surface area contributed by atoms with E-state index in [1.165, 1.54) is 0 Å². The van der Waals surface area contributed by atoms with Crippen molar-refractivity contribution in [3.8, 4) is 0 Å². The minimum absolute atomic E-state index is 0.0647. The number of hydrogen-bond donors (Lipinski definition) is 2. The van der Waals surface area contributed by atoms with E-state index in [-0.39, 0.29) is 18.7 Å². The van der Waals surface area contributed by atoms with Gasteiger partial charge in [0.1, 0.15) is 6.04 Å². The van der Waals surface area contributed by atoms with E-state index in [1.54, 1.807) is 6.92 Å². The van der Waals surface area contributed by atoms with Gasteiger partial charge in [-0.1, -0.05) is 13.3 Å². The molecular formula is C13H17N3O6. The quantitative estimate of drug-likeness (QED) is 0.531. The van der Waals surface area contributed by atoms with E-state index < -0.39 is 28.4 Å². The van der Waals surface area contributed by atoms with Gasteiger partial charge in [0.05, 0.1) is 11.1 Å². The molecule has 0 radical (unpaired) electrons. The third-order valence-electron chi connectivity index (χ3n) is 2.97. The molecule has 1 unspecified atom stereocenters. The molecule has 1 atom stereocenters. The van der Waals surface area contributed by atoms with Gasteiger partial charge in [0.25, 0.3) is 11.2 Å². The van der Waals surface area contributed by atoms with Crippen molar-refractivity contribution in [1.29, 1.82) is 0 Å². The molecule has 0 fully saturated rings. The summed E-state index contributed by atoms with van der Waals surface area (Å²) in [7, 11) is 0. The summed E-state index contributed by atoms with van der Waals surface area (Å²) in [6.45, 7) is 1.73. The first-order valence-corrected chi connectivity index (χ1v) is 6.72. The summed E-state index contributed by atoms with van der Waals surface area (Å²) >= 11 is 0. The summed E-state index contributed by atoms with van der Waals surface area (Å²) in [5.74, 6) is -1.65. The zero-order valence-electron chi connectivity index (χ0n) is 12.0. The number of aryl methyl sites for hydroxylation is 1. The molecule has 1 heterocycles. The predicted octanol–water partition coefficient (Wildman–Crippen LogP) is 0.516. The first kappa shape index (κ1) is 17.3. The van der Waals surface area contributed by atoms with E-state index >= 15 is 0 Å². The zero-order chi connectivity index (χ0) is 16.7. The minimum Gasteiger partial charge on any atom is -0.480 e. The Labute approximate surface area is 125 Å². The topological polar surface area (TPSA) is 132 Å². The van der Waals surface area contributed by atoms with Crippen LogP contribution in [0.1, 0.15) is 26.2 Å². The van der Waals surface area contributed by atoms with Crippen LogP contribution < -0.4 is 10.9 Å². The summed E-state index contributed by atoms with van der Waals surface area (Å²) in [5.41, 5.74) is -0.726. The minimum atomic E-state index is -1.12. The Hall–Kier alpha value is -2.71. The van der Waals surface area contributed by atoms with Crippen molar-refractivity contribution < 1.29 is 19.6 Å². The number of nitrogens with zero attached hydrogens (tertiary/aromatic N) is 2. The van der Waals surface area contributed by atoms with E-state index in [4.69, 9.17) is 5.11 Å². The highest BCUT2D eigenvalue weighted by Gasteiger charge is 2.18. The predicted molar refractivity (Wildman–Crippen MR) is 76.4 cm³/mol. The van der Waals surface area contributed by atoms with Crippen LogP contribution in [0.2, 0.25) is 0 Å². The maximum atomic E-state index is 11.7. The van der Waals surface area contributed by atoms with Crippen molar-refractivity contribution in [3.05, 3.63) is 38.8 Å². The number of carboxylic acids is 1. The normalized spacial score (nSPS) is 11.7. The highest BCUT2D eigenvalue weighted by molar-refractivity contribution is 5.83. The number of nitro groups is 1. The monoisotopic (exact) mass is 311 g/mol. The van der Waals surface area contributed by atoms with Gasteiger partial charge in [0.2, 0.25) is 5.91 Å². The molecule has 1 rings (SSSR count). The van der Waals surface area contributed by atoms with Crippen molar-refractivity contribution in [2.45, 2.75) is 38.8 Å². The molecule has 0 spiro atoms. The molecule has 0 saturated carbocycles. The van der Waals surface area contributed by atoms with E-state index in [9.17, 15) is 24.5 Å². The van der Waals surface area contributed by atoms with Crippen LogP contribution in [0.3, 0.4) is 0 Å². The molecule has 0 aliphatic rings. The van der Waals surface area contributed by atoms with Crippen molar-refractivity contribution in [2.75, 3.05) is 0 Å². The molecule has 9 heteroatoms. The standard InChI is InChI=1S/C13H17N3O6/c1-2-3-10(13(19)20)14-11(17)6-7-15-8-9(16(21)22)4-5-12(15)18/h4-5,8,10H,2-3,6-7H2,1H3,(H,14,17)(H,19,20). The van der Waals surface area contributed by atoms with Gasteiger partial charge in [-0.05, 0) is 6.42 Å². The van der Waals surface area contributed by atoms with Crippen LogP contribution in [-0.4, -0.2) is 32.5 Å². The Morgan fingerprint density at radius 3 is 2.68 bits per heavy atom. The van der Waals surface area contributed by atoms with Crippen molar-refractivity contribution in [2.24, 2.45) is 0 Å². The number of hydrogen-bond acceptors (Lipinski definition) is 5. The first-order valence-electron chi connectivity index (χ1n) is 6.72. The van der Waals surface area contributed by atoms with Crippen molar-refractivity contribution in [1.82, 2.24) is 9.88 Å². The lowest BCUT2D eigenvalue weighted by Crippen LogP contribution is -2.41. The van der Waals surface area contributed by atoms with E-state index in [1.807, 2.05) is 0 Å². The second kappa shape index (κ2) is 7.91. The van der Waals surface area contributed by atoms with Crippen LogP contribution in [0.4, 0.5) is 5.69 Å². The number of nitrogens with one attached hydrogen (secondary N) is 1. The van der Waals surface area contributed by atoms with Gasteiger partial charge in [-0.15, -0.1) is 0 Å².